The van der Waals surface area contributed by atoms with Crippen LogP contribution in [0, 0.1) is 0 Å². The van der Waals surface area contributed by atoms with Gasteiger partial charge in [0.25, 0.3) is 5.19 Å². The summed E-state index contributed by atoms with van der Waals surface area (Å²) in [6.07, 6.45) is -3.29. The predicted octanol–water partition coefficient (Wildman–Crippen LogP) is 3.04. The van der Waals surface area contributed by atoms with E-state index in [0.29, 0.717) is 17.8 Å². The molecule has 0 saturated heterocycles. The van der Waals surface area contributed by atoms with E-state index in [0.717, 1.165) is 6.42 Å². The number of hydrogen-bond donors (Lipinski definition) is 1. The van der Waals surface area contributed by atoms with Crippen LogP contribution in [-0.4, -0.2) is 22.7 Å². The zero-order valence-corrected chi connectivity index (χ0v) is 9.69. The van der Waals surface area contributed by atoms with E-state index < -0.39 is 22.7 Å². The fourth-order valence-electron chi connectivity index (χ4n) is 1.00. The molecule has 0 unspecified atom stereocenters. The van der Waals surface area contributed by atoms with Crippen LogP contribution in [0.3, 0.4) is 0 Å². The highest BCUT2D eigenvalue weighted by Gasteiger charge is 2.40. The molecule has 1 aromatic heterocycles. The maximum absolute atomic E-state index is 12.4. The molecule has 0 aliphatic carbocycles. The Morgan fingerprint density at radius 2 is 2.18 bits per heavy atom. The van der Waals surface area contributed by atoms with Gasteiger partial charge < -0.3 is 9.84 Å². The van der Waals surface area contributed by atoms with Crippen molar-refractivity contribution in [1.82, 2.24) is 4.98 Å². The molecule has 0 radical (unpaired) electrons. The van der Waals surface area contributed by atoms with Gasteiger partial charge in [0.15, 0.2) is 5.69 Å². The monoisotopic (exact) mass is 269 g/mol. The van der Waals surface area contributed by atoms with E-state index in [2.05, 4.69) is 4.98 Å². The van der Waals surface area contributed by atoms with Crippen LogP contribution >= 0.6 is 11.3 Å². The number of ether oxygens (including phenoxy) is 1. The average Bonchev–Trinajstić information content (AvgIpc) is 2.62. The van der Waals surface area contributed by atoms with Crippen molar-refractivity contribution >= 4 is 17.3 Å². The van der Waals surface area contributed by atoms with Gasteiger partial charge in [-0.05, 0) is 6.42 Å². The Kier molecular flexibility index (Phi) is 4.33. The zero-order valence-electron chi connectivity index (χ0n) is 8.87. The van der Waals surface area contributed by atoms with Crippen LogP contribution in [0.5, 0.6) is 5.19 Å². The number of halogens is 3. The van der Waals surface area contributed by atoms with Crippen LogP contribution in [0.2, 0.25) is 0 Å². The Morgan fingerprint density at radius 3 is 2.59 bits per heavy atom. The number of unbranched alkanes of at least 4 members (excludes halogenated alkanes) is 1. The number of rotatable bonds is 5. The second-order valence-corrected chi connectivity index (χ2v) is 4.12. The predicted molar refractivity (Wildman–Crippen MR) is 54.5 cm³/mol. The van der Waals surface area contributed by atoms with Crippen molar-refractivity contribution in [3.63, 3.8) is 0 Å². The lowest BCUT2D eigenvalue weighted by atomic mass is 10.3. The lowest BCUT2D eigenvalue weighted by Gasteiger charge is -2.02. The molecule has 0 aliphatic rings. The van der Waals surface area contributed by atoms with Gasteiger partial charge >= 0.3 is 12.1 Å². The summed E-state index contributed by atoms with van der Waals surface area (Å²) in [7, 11) is 0. The number of aromatic carboxylic acids is 1. The number of aromatic nitrogens is 1. The second-order valence-electron chi connectivity index (χ2n) is 3.16. The van der Waals surface area contributed by atoms with Crippen molar-refractivity contribution < 1.29 is 27.8 Å². The third kappa shape index (κ3) is 3.58. The van der Waals surface area contributed by atoms with E-state index >= 15 is 0 Å². The zero-order chi connectivity index (χ0) is 13.1. The second kappa shape index (κ2) is 5.35. The molecule has 1 rings (SSSR count). The van der Waals surface area contributed by atoms with Crippen molar-refractivity contribution in [3.8, 4) is 5.19 Å². The Bertz CT molecular complexity index is 403. The lowest BCUT2D eigenvalue weighted by Crippen LogP contribution is -2.11. The van der Waals surface area contributed by atoms with Crippen LogP contribution in [0.4, 0.5) is 13.2 Å². The molecule has 8 heteroatoms. The van der Waals surface area contributed by atoms with E-state index in [9.17, 15) is 18.0 Å². The van der Waals surface area contributed by atoms with Gasteiger partial charge in [-0.25, -0.2) is 4.79 Å². The molecule has 0 fully saturated rings. The maximum Gasteiger partial charge on any atom is 0.435 e. The first-order chi connectivity index (χ1) is 7.86. The number of thiazole rings is 1. The molecule has 4 nitrogen and oxygen atoms in total. The van der Waals surface area contributed by atoms with Crippen LogP contribution in [0.1, 0.15) is 35.1 Å². The van der Waals surface area contributed by atoms with Gasteiger partial charge in [0.1, 0.15) is 4.88 Å². The van der Waals surface area contributed by atoms with Crippen LogP contribution in [-0.2, 0) is 6.18 Å². The highest BCUT2D eigenvalue weighted by molar-refractivity contribution is 7.15. The standard InChI is InChI=1S/C9H10F3NO3S/c1-2-3-4-16-8-13-6(9(10,11)12)5(17-8)7(14)15/h2-4H2,1H3,(H,14,15). The van der Waals surface area contributed by atoms with Gasteiger partial charge in [-0.15, -0.1) is 0 Å². The highest BCUT2D eigenvalue weighted by atomic mass is 32.1. The molecular weight excluding hydrogens is 259 g/mol. The molecule has 17 heavy (non-hydrogen) atoms. The summed E-state index contributed by atoms with van der Waals surface area (Å²) in [4.78, 5) is 12.9. The quantitative estimate of drug-likeness (QED) is 0.835. The van der Waals surface area contributed by atoms with Gasteiger partial charge in [-0.2, -0.15) is 18.2 Å². The highest BCUT2D eigenvalue weighted by Crippen LogP contribution is 2.36. The first kappa shape index (κ1) is 13.8. The number of hydrogen-bond acceptors (Lipinski definition) is 4. The van der Waals surface area contributed by atoms with E-state index in [4.69, 9.17) is 9.84 Å². The summed E-state index contributed by atoms with van der Waals surface area (Å²) in [5, 5.41) is 8.37. The minimum Gasteiger partial charge on any atom is -0.477 e. The smallest absolute Gasteiger partial charge is 0.435 e. The van der Waals surface area contributed by atoms with Crippen molar-refractivity contribution in [2.24, 2.45) is 0 Å². The van der Waals surface area contributed by atoms with Crippen LogP contribution in [0.25, 0.3) is 0 Å². The summed E-state index contributed by atoms with van der Waals surface area (Å²) in [5.74, 6) is -1.65. The SMILES string of the molecule is CCCCOc1nc(C(F)(F)F)c(C(=O)O)s1. The summed E-state index contributed by atoms with van der Waals surface area (Å²) >= 11 is 0.392. The molecule has 1 aromatic rings. The van der Waals surface area contributed by atoms with E-state index in [1.165, 1.54) is 0 Å². The molecule has 0 amide bonds. The van der Waals surface area contributed by atoms with Crippen molar-refractivity contribution in [1.29, 1.82) is 0 Å². The van der Waals surface area contributed by atoms with Crippen LogP contribution in [0.15, 0.2) is 0 Å². The van der Waals surface area contributed by atoms with E-state index in [1.807, 2.05) is 6.92 Å². The van der Waals surface area contributed by atoms with Crippen molar-refractivity contribution in [3.05, 3.63) is 10.6 Å². The first-order valence-corrected chi connectivity index (χ1v) is 5.62. The Labute approximate surface area is 99.0 Å². The van der Waals surface area contributed by atoms with Gasteiger partial charge in [-0.3, -0.25) is 0 Å². The summed E-state index contributed by atoms with van der Waals surface area (Å²) in [6.45, 7) is 2.12. The molecular formula is C9H10F3NO3S. The molecule has 1 N–H and O–H groups in total. The number of carboxylic acids is 1. The molecule has 0 spiro atoms. The summed E-state index contributed by atoms with van der Waals surface area (Å²) in [6, 6.07) is 0. The minimum atomic E-state index is -4.78. The van der Waals surface area contributed by atoms with Crippen LogP contribution < -0.4 is 4.74 Å². The Hall–Kier alpha value is -1.31. The van der Waals surface area contributed by atoms with Crippen molar-refractivity contribution in [2.75, 3.05) is 6.61 Å². The fourth-order valence-corrected chi connectivity index (χ4v) is 1.80. The normalized spacial score (nSPS) is 11.5. The molecule has 0 atom stereocenters. The van der Waals surface area contributed by atoms with Gasteiger partial charge in [0, 0.05) is 0 Å². The largest absolute Gasteiger partial charge is 0.477 e. The molecule has 0 aromatic carbocycles. The van der Waals surface area contributed by atoms with Gasteiger partial charge in [0.05, 0.1) is 6.61 Å². The van der Waals surface area contributed by atoms with E-state index in [-0.39, 0.29) is 11.8 Å². The first-order valence-electron chi connectivity index (χ1n) is 4.80. The molecule has 96 valence electrons. The molecule has 0 saturated carbocycles. The summed E-state index contributed by atoms with van der Waals surface area (Å²) in [5.41, 5.74) is -1.40. The third-order valence-corrected chi connectivity index (χ3v) is 2.75. The van der Waals surface area contributed by atoms with E-state index in [1.54, 1.807) is 0 Å². The van der Waals surface area contributed by atoms with Gasteiger partial charge in [0.2, 0.25) is 0 Å². The van der Waals surface area contributed by atoms with Crippen molar-refractivity contribution in [2.45, 2.75) is 25.9 Å². The lowest BCUT2D eigenvalue weighted by molar-refractivity contribution is -0.141. The third-order valence-electron chi connectivity index (χ3n) is 1.79. The Balaban J connectivity index is 2.93. The fraction of sp³-hybridized carbons (Fsp3) is 0.556. The topological polar surface area (TPSA) is 59.4 Å². The maximum atomic E-state index is 12.4. The number of nitrogens with zero attached hydrogens (tertiary/aromatic N) is 1. The average molecular weight is 269 g/mol. The molecule has 1 heterocycles. The summed E-state index contributed by atoms with van der Waals surface area (Å²) < 4.78 is 42.3. The molecule has 0 aliphatic heterocycles. The number of alkyl halides is 3. The number of carboxylic acid groups (broad SMARTS) is 1. The Morgan fingerprint density at radius 1 is 1.53 bits per heavy atom. The van der Waals surface area contributed by atoms with Gasteiger partial charge in [-0.1, -0.05) is 24.7 Å². The number of carbonyl (C=O) groups is 1. The minimum absolute atomic E-state index is 0.223. The molecule has 0 bridgehead atoms.